The molecule has 0 aliphatic rings. The third-order valence-electron chi connectivity index (χ3n) is 2.55. The summed E-state index contributed by atoms with van der Waals surface area (Å²) in [5.41, 5.74) is 2.36. The molecule has 0 amide bonds. The highest BCUT2D eigenvalue weighted by Crippen LogP contribution is 2.24. The number of hydrogen-bond acceptors (Lipinski definition) is 2. The fraction of sp³-hybridized carbons (Fsp3) is 0.154. The first kappa shape index (κ1) is 12.7. The number of rotatable bonds is 3. The Labute approximate surface area is 118 Å². The minimum atomic E-state index is 0.160. The van der Waals surface area contributed by atoms with Crippen LogP contribution in [0.1, 0.15) is 17.2 Å². The number of hydrogen-bond donors (Lipinski definition) is 1. The highest BCUT2D eigenvalue weighted by molar-refractivity contribution is 9.10. The van der Waals surface area contributed by atoms with Gasteiger partial charge in [0.05, 0.1) is 6.04 Å². The van der Waals surface area contributed by atoms with Gasteiger partial charge in [0.15, 0.2) is 0 Å². The Morgan fingerprint density at radius 3 is 2.29 bits per heavy atom. The third-order valence-corrected chi connectivity index (χ3v) is 3.51. The molecule has 2 aromatic rings. The summed E-state index contributed by atoms with van der Waals surface area (Å²) in [6.45, 7) is 0. The van der Waals surface area contributed by atoms with E-state index >= 15 is 0 Å². The normalized spacial score (nSPS) is 12.4. The largest absolute Gasteiger partial charge is 0.309 e. The predicted octanol–water partition coefficient (Wildman–Crippen LogP) is 3.92. The van der Waals surface area contributed by atoms with Crippen molar-refractivity contribution in [1.82, 2.24) is 10.3 Å². The van der Waals surface area contributed by atoms with Gasteiger partial charge < -0.3 is 5.32 Å². The van der Waals surface area contributed by atoms with Crippen LogP contribution in [0.25, 0.3) is 0 Å². The molecule has 0 aliphatic carbocycles. The molecule has 0 aliphatic heterocycles. The molecular weight excluding hydrogens is 344 g/mol. The number of aromatic nitrogens is 1. The first-order chi connectivity index (χ1) is 8.20. The molecule has 2 rings (SSSR count). The van der Waals surface area contributed by atoms with Crippen molar-refractivity contribution in [2.24, 2.45) is 0 Å². The van der Waals surface area contributed by atoms with Crippen LogP contribution in [0.3, 0.4) is 0 Å². The standard InChI is InChI=1S/C13H12Br2N2/c1-16-13(9-2-4-11(14)5-3-9)10-6-12(15)8-17-7-10/h2-8,13,16H,1H3. The quantitative estimate of drug-likeness (QED) is 0.902. The lowest BCUT2D eigenvalue weighted by molar-refractivity contribution is 0.688. The number of pyridine rings is 1. The summed E-state index contributed by atoms with van der Waals surface area (Å²) in [5.74, 6) is 0. The van der Waals surface area contributed by atoms with Gasteiger partial charge in [0.25, 0.3) is 0 Å². The zero-order valence-corrected chi connectivity index (χ0v) is 12.5. The van der Waals surface area contributed by atoms with Crippen LogP contribution >= 0.6 is 31.9 Å². The number of nitrogens with zero attached hydrogens (tertiary/aromatic N) is 1. The molecular formula is C13H12Br2N2. The Morgan fingerprint density at radius 1 is 1.00 bits per heavy atom. The Morgan fingerprint density at radius 2 is 1.71 bits per heavy atom. The van der Waals surface area contributed by atoms with Crippen molar-refractivity contribution in [3.8, 4) is 0 Å². The minimum Gasteiger partial charge on any atom is -0.309 e. The first-order valence-corrected chi connectivity index (χ1v) is 6.82. The first-order valence-electron chi connectivity index (χ1n) is 5.24. The summed E-state index contributed by atoms with van der Waals surface area (Å²) in [4.78, 5) is 4.20. The highest BCUT2D eigenvalue weighted by atomic mass is 79.9. The average molecular weight is 356 g/mol. The van der Waals surface area contributed by atoms with Gasteiger partial charge in [0.1, 0.15) is 0 Å². The van der Waals surface area contributed by atoms with E-state index < -0.39 is 0 Å². The van der Waals surface area contributed by atoms with Gasteiger partial charge in [-0.25, -0.2) is 0 Å². The molecule has 0 radical (unpaired) electrons. The Hall–Kier alpha value is -0.710. The SMILES string of the molecule is CNC(c1ccc(Br)cc1)c1cncc(Br)c1. The highest BCUT2D eigenvalue weighted by Gasteiger charge is 2.12. The monoisotopic (exact) mass is 354 g/mol. The van der Waals surface area contributed by atoms with E-state index in [2.05, 4.69) is 60.4 Å². The molecule has 0 fully saturated rings. The molecule has 1 heterocycles. The van der Waals surface area contributed by atoms with E-state index in [1.54, 1.807) is 6.20 Å². The van der Waals surface area contributed by atoms with Crippen molar-refractivity contribution in [2.75, 3.05) is 7.05 Å². The Balaban J connectivity index is 2.36. The van der Waals surface area contributed by atoms with Gasteiger partial charge in [0.2, 0.25) is 0 Å². The van der Waals surface area contributed by atoms with E-state index in [9.17, 15) is 0 Å². The average Bonchev–Trinajstić information content (AvgIpc) is 2.33. The maximum atomic E-state index is 4.20. The third kappa shape index (κ3) is 3.15. The van der Waals surface area contributed by atoms with E-state index in [0.29, 0.717) is 0 Å². The maximum Gasteiger partial charge on any atom is 0.0589 e. The molecule has 0 saturated heterocycles. The van der Waals surface area contributed by atoms with Crippen LogP contribution in [0, 0.1) is 0 Å². The second-order valence-corrected chi connectivity index (χ2v) is 5.54. The van der Waals surface area contributed by atoms with Crippen LogP contribution in [-0.4, -0.2) is 12.0 Å². The molecule has 4 heteroatoms. The Kier molecular flexibility index (Phi) is 4.31. The second-order valence-electron chi connectivity index (χ2n) is 3.71. The van der Waals surface area contributed by atoms with Crippen molar-refractivity contribution in [3.05, 3.63) is 62.8 Å². The summed E-state index contributed by atoms with van der Waals surface area (Å²) >= 11 is 6.89. The number of benzene rings is 1. The van der Waals surface area contributed by atoms with Crippen LogP contribution in [0.4, 0.5) is 0 Å². The summed E-state index contributed by atoms with van der Waals surface area (Å²) < 4.78 is 2.08. The van der Waals surface area contributed by atoms with E-state index in [0.717, 1.165) is 14.5 Å². The van der Waals surface area contributed by atoms with E-state index in [1.165, 1.54) is 5.56 Å². The van der Waals surface area contributed by atoms with Crippen LogP contribution in [0.15, 0.2) is 51.7 Å². The molecule has 1 aromatic carbocycles. The van der Waals surface area contributed by atoms with Crippen molar-refractivity contribution in [2.45, 2.75) is 6.04 Å². The van der Waals surface area contributed by atoms with Crippen molar-refractivity contribution >= 4 is 31.9 Å². The summed E-state index contributed by atoms with van der Waals surface area (Å²) in [7, 11) is 1.95. The van der Waals surface area contributed by atoms with Gasteiger partial charge in [-0.2, -0.15) is 0 Å². The van der Waals surface area contributed by atoms with Crippen molar-refractivity contribution in [3.63, 3.8) is 0 Å². The molecule has 1 N–H and O–H groups in total. The zero-order chi connectivity index (χ0) is 12.3. The Bertz CT molecular complexity index is 497. The molecule has 0 saturated carbocycles. The second kappa shape index (κ2) is 5.76. The zero-order valence-electron chi connectivity index (χ0n) is 9.32. The lowest BCUT2D eigenvalue weighted by atomic mass is 10.0. The van der Waals surface area contributed by atoms with Gasteiger partial charge in [0, 0.05) is 21.3 Å². The van der Waals surface area contributed by atoms with Crippen molar-refractivity contribution in [1.29, 1.82) is 0 Å². The molecule has 1 aromatic heterocycles. The maximum absolute atomic E-state index is 4.20. The van der Waals surface area contributed by atoms with E-state index in [4.69, 9.17) is 0 Å². The minimum absolute atomic E-state index is 0.160. The smallest absolute Gasteiger partial charge is 0.0589 e. The number of nitrogens with one attached hydrogen (secondary N) is 1. The van der Waals surface area contributed by atoms with Crippen LogP contribution in [0.2, 0.25) is 0 Å². The molecule has 17 heavy (non-hydrogen) atoms. The van der Waals surface area contributed by atoms with E-state index in [1.807, 2.05) is 25.4 Å². The van der Waals surface area contributed by atoms with Gasteiger partial charge in [-0.15, -0.1) is 0 Å². The van der Waals surface area contributed by atoms with Crippen LogP contribution < -0.4 is 5.32 Å². The molecule has 1 atom stereocenters. The molecule has 2 nitrogen and oxygen atoms in total. The van der Waals surface area contributed by atoms with Gasteiger partial charge in [-0.3, -0.25) is 4.98 Å². The molecule has 88 valence electrons. The fourth-order valence-electron chi connectivity index (χ4n) is 1.77. The molecule has 0 spiro atoms. The summed E-state index contributed by atoms with van der Waals surface area (Å²) in [6, 6.07) is 10.5. The lowest BCUT2D eigenvalue weighted by Gasteiger charge is -2.17. The summed E-state index contributed by atoms with van der Waals surface area (Å²) in [6.07, 6.45) is 3.67. The van der Waals surface area contributed by atoms with Gasteiger partial charge in [-0.05, 0) is 52.3 Å². The predicted molar refractivity (Wildman–Crippen MR) is 77.0 cm³/mol. The fourth-order valence-corrected chi connectivity index (χ4v) is 2.41. The topological polar surface area (TPSA) is 24.9 Å². The van der Waals surface area contributed by atoms with Crippen LogP contribution in [0.5, 0.6) is 0 Å². The van der Waals surface area contributed by atoms with Crippen LogP contribution in [-0.2, 0) is 0 Å². The molecule has 0 bridgehead atoms. The number of halogens is 2. The van der Waals surface area contributed by atoms with Crippen molar-refractivity contribution < 1.29 is 0 Å². The molecule has 1 unspecified atom stereocenters. The lowest BCUT2D eigenvalue weighted by Crippen LogP contribution is -2.17. The summed E-state index contributed by atoms with van der Waals surface area (Å²) in [5, 5.41) is 3.31. The van der Waals surface area contributed by atoms with Gasteiger partial charge in [-0.1, -0.05) is 28.1 Å². The van der Waals surface area contributed by atoms with Gasteiger partial charge >= 0.3 is 0 Å². The van der Waals surface area contributed by atoms with E-state index in [-0.39, 0.29) is 6.04 Å².